The van der Waals surface area contributed by atoms with Gasteiger partial charge in [0.05, 0.1) is 7.11 Å². The highest BCUT2D eigenvalue weighted by atomic mass is 16.5. The van der Waals surface area contributed by atoms with E-state index in [1.54, 1.807) is 6.08 Å². The van der Waals surface area contributed by atoms with Crippen molar-refractivity contribution in [1.29, 1.82) is 0 Å². The standard InChI is InChI=1S/C14H14N2O4/c1-9-5-3-4-6-10(9)7-11-13(18)16(14(19)15-11)8-12(17)20-2/h3-7H,8H2,1-2H3,(H,15,19)/b11-7+. The molecule has 6 heteroatoms. The lowest BCUT2D eigenvalue weighted by atomic mass is 10.1. The van der Waals surface area contributed by atoms with Crippen LogP contribution in [0.1, 0.15) is 11.1 Å². The first-order valence-electron chi connectivity index (χ1n) is 6.00. The molecule has 104 valence electrons. The summed E-state index contributed by atoms with van der Waals surface area (Å²) in [5.41, 5.74) is 1.96. The second-order valence-corrected chi connectivity index (χ2v) is 4.31. The molecule has 0 spiro atoms. The molecule has 0 unspecified atom stereocenters. The number of rotatable bonds is 3. The zero-order valence-electron chi connectivity index (χ0n) is 11.2. The molecule has 20 heavy (non-hydrogen) atoms. The molecule has 1 N–H and O–H groups in total. The normalized spacial score (nSPS) is 16.5. The average molecular weight is 274 g/mol. The van der Waals surface area contributed by atoms with Crippen molar-refractivity contribution in [2.45, 2.75) is 6.92 Å². The topological polar surface area (TPSA) is 75.7 Å². The number of imide groups is 1. The predicted octanol–water partition coefficient (Wildman–Crippen LogP) is 1.06. The van der Waals surface area contributed by atoms with Crippen molar-refractivity contribution < 1.29 is 19.1 Å². The molecular weight excluding hydrogens is 260 g/mol. The molecule has 2 rings (SSSR count). The Kier molecular flexibility index (Phi) is 3.84. The number of carbonyl (C=O) groups is 3. The molecule has 1 aliphatic rings. The summed E-state index contributed by atoms with van der Waals surface area (Å²) in [6, 6.07) is 6.84. The Morgan fingerprint density at radius 3 is 2.70 bits per heavy atom. The second-order valence-electron chi connectivity index (χ2n) is 4.31. The van der Waals surface area contributed by atoms with Crippen molar-refractivity contribution in [2.75, 3.05) is 13.7 Å². The van der Waals surface area contributed by atoms with Crippen molar-refractivity contribution in [3.05, 3.63) is 41.1 Å². The summed E-state index contributed by atoms with van der Waals surface area (Å²) in [5.74, 6) is -1.19. The van der Waals surface area contributed by atoms with Gasteiger partial charge in [0.25, 0.3) is 5.91 Å². The minimum Gasteiger partial charge on any atom is -0.468 e. The van der Waals surface area contributed by atoms with Gasteiger partial charge < -0.3 is 10.1 Å². The molecule has 1 heterocycles. The maximum Gasteiger partial charge on any atom is 0.329 e. The monoisotopic (exact) mass is 274 g/mol. The van der Waals surface area contributed by atoms with Crippen LogP contribution in [0.5, 0.6) is 0 Å². The molecule has 0 saturated carbocycles. The van der Waals surface area contributed by atoms with Gasteiger partial charge in [-0.25, -0.2) is 9.69 Å². The first-order valence-corrected chi connectivity index (χ1v) is 6.00. The fourth-order valence-electron chi connectivity index (χ4n) is 1.81. The molecule has 0 radical (unpaired) electrons. The summed E-state index contributed by atoms with van der Waals surface area (Å²) in [7, 11) is 1.20. The van der Waals surface area contributed by atoms with E-state index in [-0.39, 0.29) is 5.70 Å². The summed E-state index contributed by atoms with van der Waals surface area (Å²) in [6.45, 7) is 1.51. The Balaban J connectivity index is 2.24. The summed E-state index contributed by atoms with van der Waals surface area (Å²) in [4.78, 5) is 35.7. The lowest BCUT2D eigenvalue weighted by Crippen LogP contribution is -2.36. The first-order chi connectivity index (χ1) is 9.52. The average Bonchev–Trinajstić information content (AvgIpc) is 2.69. The highest BCUT2D eigenvalue weighted by molar-refractivity contribution is 6.15. The van der Waals surface area contributed by atoms with E-state index >= 15 is 0 Å². The Morgan fingerprint density at radius 2 is 2.05 bits per heavy atom. The van der Waals surface area contributed by atoms with Crippen molar-refractivity contribution in [3.8, 4) is 0 Å². The van der Waals surface area contributed by atoms with Crippen molar-refractivity contribution in [3.63, 3.8) is 0 Å². The number of benzene rings is 1. The number of urea groups is 1. The molecule has 6 nitrogen and oxygen atoms in total. The Morgan fingerprint density at radius 1 is 1.35 bits per heavy atom. The van der Waals surface area contributed by atoms with Gasteiger partial charge in [-0.3, -0.25) is 9.59 Å². The van der Waals surface area contributed by atoms with Gasteiger partial charge >= 0.3 is 12.0 Å². The zero-order chi connectivity index (χ0) is 14.7. The van der Waals surface area contributed by atoms with Crippen LogP contribution in [0.25, 0.3) is 6.08 Å². The van der Waals surface area contributed by atoms with E-state index in [0.717, 1.165) is 16.0 Å². The lowest BCUT2D eigenvalue weighted by Gasteiger charge is -2.09. The van der Waals surface area contributed by atoms with Crippen LogP contribution >= 0.6 is 0 Å². The van der Waals surface area contributed by atoms with Gasteiger partial charge in [0.15, 0.2) is 0 Å². The van der Waals surface area contributed by atoms with Crippen LogP contribution in [-0.4, -0.2) is 36.5 Å². The number of esters is 1. The maximum absolute atomic E-state index is 12.0. The number of nitrogens with zero attached hydrogens (tertiary/aromatic N) is 1. The molecule has 1 aromatic carbocycles. The van der Waals surface area contributed by atoms with Gasteiger partial charge in [0.1, 0.15) is 12.2 Å². The molecule has 1 saturated heterocycles. The van der Waals surface area contributed by atoms with Gasteiger partial charge in [0, 0.05) is 0 Å². The van der Waals surface area contributed by atoms with Crippen molar-refractivity contribution in [2.24, 2.45) is 0 Å². The van der Waals surface area contributed by atoms with Crippen LogP contribution in [0.3, 0.4) is 0 Å². The van der Waals surface area contributed by atoms with E-state index in [9.17, 15) is 14.4 Å². The third kappa shape index (κ3) is 2.69. The summed E-state index contributed by atoms with van der Waals surface area (Å²) < 4.78 is 4.45. The van der Waals surface area contributed by atoms with Crippen LogP contribution in [0, 0.1) is 6.92 Å². The maximum atomic E-state index is 12.0. The molecular formula is C14H14N2O4. The fourth-order valence-corrected chi connectivity index (χ4v) is 1.81. The van der Waals surface area contributed by atoms with Gasteiger partial charge in [-0.2, -0.15) is 0 Å². The third-order valence-electron chi connectivity index (χ3n) is 2.97. The van der Waals surface area contributed by atoms with E-state index < -0.39 is 24.5 Å². The highest BCUT2D eigenvalue weighted by Crippen LogP contribution is 2.16. The van der Waals surface area contributed by atoms with E-state index in [1.807, 2.05) is 31.2 Å². The SMILES string of the molecule is COC(=O)CN1C(=O)N/C(=C/c2ccccc2C)C1=O. The summed E-state index contributed by atoms with van der Waals surface area (Å²) >= 11 is 0. The lowest BCUT2D eigenvalue weighted by molar-refractivity contribution is -0.143. The summed E-state index contributed by atoms with van der Waals surface area (Å²) in [6.07, 6.45) is 1.59. The minimum absolute atomic E-state index is 0.146. The summed E-state index contributed by atoms with van der Waals surface area (Å²) in [5, 5.41) is 2.45. The third-order valence-corrected chi connectivity index (χ3v) is 2.97. The van der Waals surface area contributed by atoms with E-state index in [0.29, 0.717) is 0 Å². The number of carbonyl (C=O) groups excluding carboxylic acids is 3. The van der Waals surface area contributed by atoms with Gasteiger partial charge in [-0.1, -0.05) is 24.3 Å². The molecule has 0 bridgehead atoms. The van der Waals surface area contributed by atoms with Crippen molar-refractivity contribution >= 4 is 24.0 Å². The molecule has 0 atom stereocenters. The molecule has 3 amide bonds. The van der Waals surface area contributed by atoms with Crippen molar-refractivity contribution in [1.82, 2.24) is 10.2 Å². The first kappa shape index (κ1) is 13.8. The van der Waals surface area contributed by atoms with Crippen LogP contribution in [0.15, 0.2) is 30.0 Å². The Bertz CT molecular complexity index is 607. The number of nitrogens with one attached hydrogen (secondary N) is 1. The Labute approximate surface area is 116 Å². The van der Waals surface area contributed by atoms with E-state index in [2.05, 4.69) is 10.1 Å². The number of aryl methyl sites for hydroxylation is 1. The van der Waals surface area contributed by atoms with E-state index in [4.69, 9.17) is 0 Å². The number of ether oxygens (including phenoxy) is 1. The molecule has 1 aliphatic heterocycles. The molecule has 0 aromatic heterocycles. The van der Waals surface area contributed by atoms with Gasteiger partial charge in [0.2, 0.25) is 0 Å². The molecule has 1 aromatic rings. The number of hydrogen-bond acceptors (Lipinski definition) is 4. The van der Waals surface area contributed by atoms with Gasteiger partial charge in [-0.05, 0) is 24.1 Å². The predicted molar refractivity (Wildman–Crippen MR) is 71.4 cm³/mol. The molecule has 0 aliphatic carbocycles. The number of amides is 3. The smallest absolute Gasteiger partial charge is 0.329 e. The second kappa shape index (κ2) is 5.56. The largest absolute Gasteiger partial charge is 0.468 e. The number of methoxy groups -OCH3 is 1. The van der Waals surface area contributed by atoms with Crippen LogP contribution in [0.4, 0.5) is 4.79 Å². The molecule has 1 fully saturated rings. The van der Waals surface area contributed by atoms with Crippen LogP contribution < -0.4 is 5.32 Å². The van der Waals surface area contributed by atoms with Gasteiger partial charge in [-0.15, -0.1) is 0 Å². The zero-order valence-corrected chi connectivity index (χ0v) is 11.2. The Hall–Kier alpha value is -2.63. The van der Waals surface area contributed by atoms with Crippen LogP contribution in [-0.2, 0) is 14.3 Å². The highest BCUT2D eigenvalue weighted by Gasteiger charge is 2.35. The fraction of sp³-hybridized carbons (Fsp3) is 0.214. The van der Waals surface area contributed by atoms with E-state index in [1.165, 1.54) is 7.11 Å². The van der Waals surface area contributed by atoms with Crippen LogP contribution in [0.2, 0.25) is 0 Å². The number of hydrogen-bond donors (Lipinski definition) is 1. The minimum atomic E-state index is -0.648. The quantitative estimate of drug-likeness (QED) is 0.508.